The van der Waals surface area contributed by atoms with Crippen molar-refractivity contribution in [2.45, 2.75) is 134 Å². The van der Waals surface area contributed by atoms with E-state index in [9.17, 15) is 4.79 Å². The molecule has 5 heterocycles. The summed E-state index contributed by atoms with van der Waals surface area (Å²) in [7, 11) is 0. The van der Waals surface area contributed by atoms with E-state index < -0.39 is 5.60 Å². The number of nitrogens with zero attached hydrogens (tertiary/aromatic N) is 6. The van der Waals surface area contributed by atoms with Gasteiger partial charge in [0.2, 0.25) is 0 Å². The fourth-order valence-electron chi connectivity index (χ4n) is 9.11. The van der Waals surface area contributed by atoms with Crippen molar-refractivity contribution in [3.05, 3.63) is 69.7 Å². The first-order valence-corrected chi connectivity index (χ1v) is 21.6. The van der Waals surface area contributed by atoms with Crippen LogP contribution in [0.25, 0.3) is 0 Å². The largest absolute Gasteiger partial charge is 0.444 e. The Hall–Kier alpha value is -2.93. The van der Waals surface area contributed by atoms with Gasteiger partial charge >= 0.3 is 6.09 Å². The fourth-order valence-corrected chi connectivity index (χ4v) is 9.36. The lowest BCUT2D eigenvalue weighted by atomic mass is 9.87. The Morgan fingerprint density at radius 3 is 1.58 bits per heavy atom. The van der Waals surface area contributed by atoms with Gasteiger partial charge in [0.25, 0.3) is 0 Å². The molecule has 2 aromatic carbocycles. The second-order valence-electron chi connectivity index (χ2n) is 18.3. The minimum atomic E-state index is -0.453. The highest BCUT2D eigenvalue weighted by Crippen LogP contribution is 2.34. The number of piperidine rings is 2. The molecule has 0 radical (unpaired) electrons. The number of morpholine rings is 2. The maximum atomic E-state index is 12.4. The molecule has 13 heteroatoms. The molecule has 5 aliphatic rings. The normalized spacial score (nSPS) is 25.0. The number of likely N-dealkylation sites (tertiary alicyclic amines) is 2. The van der Waals surface area contributed by atoms with Gasteiger partial charge in [-0.1, -0.05) is 47.5 Å². The first-order valence-electron chi connectivity index (χ1n) is 20.9. The summed E-state index contributed by atoms with van der Waals surface area (Å²) >= 11 is 12.1. The van der Waals surface area contributed by atoms with Crippen LogP contribution < -0.4 is 5.73 Å². The standard InChI is InChI=1S/C23H35ClN2O3.C21H30ClN5O/c1-22(2,3)29-21(27)25-12-10-19(11-13-25)26-14-15-28-23(4,5)20(26)16-17-6-8-18(24)9-7-17;1-21(2)18(13-15-3-5-16(22)6-4-15)27(11-12-28-21)17-7-9-26(10-8-17)20-14-19(23)24-25-20/h6-9,19-20H,10-16H2,1-5H3;3-6,17-18H,7-14H2,1-2H3,(H2,23,24). The van der Waals surface area contributed by atoms with Crippen molar-refractivity contribution in [3.63, 3.8) is 0 Å². The first kappa shape index (κ1) is 43.6. The lowest BCUT2D eigenvalue weighted by molar-refractivity contribution is -0.143. The van der Waals surface area contributed by atoms with Crippen LogP contribution >= 0.6 is 23.2 Å². The van der Waals surface area contributed by atoms with E-state index in [4.69, 9.17) is 43.1 Å². The average molecular weight is 827 g/mol. The van der Waals surface area contributed by atoms with E-state index >= 15 is 0 Å². The molecule has 4 saturated heterocycles. The molecule has 11 nitrogen and oxygen atoms in total. The summed E-state index contributed by atoms with van der Waals surface area (Å²) in [6.45, 7) is 21.5. The number of amides is 1. The van der Waals surface area contributed by atoms with E-state index in [0.717, 1.165) is 107 Å². The number of hydrogen-bond acceptors (Lipinski definition) is 10. The average Bonchev–Trinajstić information content (AvgIpc) is 3.60. The van der Waals surface area contributed by atoms with Gasteiger partial charge < -0.3 is 29.7 Å². The second-order valence-corrected chi connectivity index (χ2v) is 19.1. The number of ether oxygens (including phenoxy) is 3. The number of halogens is 2. The van der Waals surface area contributed by atoms with Gasteiger partial charge in [0.1, 0.15) is 17.3 Å². The summed E-state index contributed by atoms with van der Waals surface area (Å²) in [5.41, 5.74) is 7.52. The molecule has 2 atom stereocenters. The van der Waals surface area contributed by atoms with Gasteiger partial charge in [-0.3, -0.25) is 9.80 Å². The molecule has 2 N–H and O–H groups in total. The van der Waals surface area contributed by atoms with Crippen LogP contribution in [0.5, 0.6) is 0 Å². The number of rotatable bonds is 6. The SMILES string of the molecule is CC(C)(C)OC(=O)N1CCC(N2CCOC(C)(C)C2Cc2ccc(Cl)cc2)CC1.CC1(C)OCCN(C2CCN(C3=NN=C(N)C3)CC2)C1Cc1ccc(Cl)cc1. The summed E-state index contributed by atoms with van der Waals surface area (Å²) in [4.78, 5) is 21.9. The highest BCUT2D eigenvalue weighted by molar-refractivity contribution is 6.30. The third kappa shape index (κ3) is 11.6. The Kier molecular flexibility index (Phi) is 14.2. The number of nitrogens with two attached hydrogens (primary N) is 1. The lowest BCUT2D eigenvalue weighted by Gasteiger charge is -2.51. The summed E-state index contributed by atoms with van der Waals surface area (Å²) in [5.74, 6) is 1.64. The molecule has 2 aromatic rings. The molecular weight excluding hydrogens is 761 g/mol. The molecule has 0 spiro atoms. The minimum absolute atomic E-state index is 0.174. The van der Waals surface area contributed by atoms with Crippen molar-refractivity contribution < 1.29 is 19.0 Å². The van der Waals surface area contributed by atoms with Gasteiger partial charge in [0, 0.05) is 73.5 Å². The molecule has 0 saturated carbocycles. The molecule has 314 valence electrons. The Labute approximate surface area is 350 Å². The molecule has 5 aliphatic heterocycles. The van der Waals surface area contributed by atoms with Crippen LogP contribution in [0.3, 0.4) is 0 Å². The van der Waals surface area contributed by atoms with E-state index in [0.29, 0.717) is 30.4 Å². The van der Waals surface area contributed by atoms with Gasteiger partial charge in [0.05, 0.1) is 30.8 Å². The molecule has 0 bridgehead atoms. The zero-order chi connectivity index (χ0) is 41.0. The van der Waals surface area contributed by atoms with Crippen molar-refractivity contribution in [2.24, 2.45) is 15.9 Å². The molecule has 0 aromatic heterocycles. The summed E-state index contributed by atoms with van der Waals surface area (Å²) < 4.78 is 17.9. The van der Waals surface area contributed by atoms with E-state index in [-0.39, 0.29) is 23.3 Å². The Bertz CT molecular complexity index is 1700. The summed E-state index contributed by atoms with van der Waals surface area (Å²) in [5, 5.41) is 9.78. The van der Waals surface area contributed by atoms with Crippen molar-refractivity contribution >= 4 is 41.0 Å². The quantitative estimate of drug-likeness (QED) is 0.317. The third-order valence-electron chi connectivity index (χ3n) is 12.3. The zero-order valence-corrected chi connectivity index (χ0v) is 36.7. The zero-order valence-electron chi connectivity index (χ0n) is 35.2. The summed E-state index contributed by atoms with van der Waals surface area (Å²) in [6, 6.07) is 18.0. The van der Waals surface area contributed by atoms with Gasteiger partial charge in [-0.2, -0.15) is 0 Å². The number of carbonyl (C=O) groups excluding carboxylic acids is 1. The molecular formula is C44H65Cl2N7O4. The maximum absolute atomic E-state index is 12.4. The van der Waals surface area contributed by atoms with Gasteiger partial charge in [0.15, 0.2) is 0 Å². The number of hydrogen-bond donors (Lipinski definition) is 1. The highest BCUT2D eigenvalue weighted by Gasteiger charge is 2.44. The van der Waals surface area contributed by atoms with Crippen LogP contribution in [0.2, 0.25) is 10.0 Å². The number of carbonyl (C=O) groups is 1. The van der Waals surface area contributed by atoms with Crippen LogP contribution in [-0.2, 0) is 27.1 Å². The Morgan fingerprint density at radius 1 is 0.737 bits per heavy atom. The van der Waals surface area contributed by atoms with Crippen LogP contribution in [0.4, 0.5) is 4.79 Å². The fraction of sp³-hybridized carbons (Fsp3) is 0.659. The van der Waals surface area contributed by atoms with Gasteiger partial charge in [-0.05, 0) is 122 Å². The number of amidine groups is 2. The predicted molar refractivity (Wildman–Crippen MR) is 230 cm³/mol. The molecule has 7 rings (SSSR count). The highest BCUT2D eigenvalue weighted by atomic mass is 35.5. The van der Waals surface area contributed by atoms with E-state index in [1.807, 2.05) is 49.9 Å². The molecule has 4 fully saturated rings. The predicted octanol–water partition coefficient (Wildman–Crippen LogP) is 7.66. The van der Waals surface area contributed by atoms with Gasteiger partial charge in [-0.15, -0.1) is 10.2 Å². The summed E-state index contributed by atoms with van der Waals surface area (Å²) in [6.07, 6.45) is 6.58. The van der Waals surface area contributed by atoms with Crippen LogP contribution in [0.15, 0.2) is 58.7 Å². The van der Waals surface area contributed by atoms with Crippen LogP contribution in [0.1, 0.15) is 91.7 Å². The minimum Gasteiger partial charge on any atom is -0.444 e. The molecule has 2 unspecified atom stereocenters. The van der Waals surface area contributed by atoms with Crippen LogP contribution in [-0.4, -0.2) is 131 Å². The van der Waals surface area contributed by atoms with E-state index in [1.165, 1.54) is 11.1 Å². The topological polar surface area (TPSA) is 108 Å². The lowest BCUT2D eigenvalue weighted by Crippen LogP contribution is -2.62. The second kappa shape index (κ2) is 18.6. The first-order chi connectivity index (χ1) is 27.0. The van der Waals surface area contributed by atoms with E-state index in [2.05, 4.69) is 76.9 Å². The smallest absolute Gasteiger partial charge is 0.410 e. The molecule has 57 heavy (non-hydrogen) atoms. The van der Waals surface area contributed by atoms with Crippen molar-refractivity contribution in [1.82, 2.24) is 19.6 Å². The van der Waals surface area contributed by atoms with Crippen molar-refractivity contribution in [1.29, 1.82) is 0 Å². The van der Waals surface area contributed by atoms with Crippen molar-refractivity contribution in [3.8, 4) is 0 Å². The molecule has 1 amide bonds. The molecule has 0 aliphatic carbocycles. The Morgan fingerprint density at radius 2 is 1.18 bits per heavy atom. The number of benzene rings is 2. The van der Waals surface area contributed by atoms with Crippen LogP contribution in [0, 0.1) is 0 Å². The third-order valence-corrected chi connectivity index (χ3v) is 12.8. The van der Waals surface area contributed by atoms with Crippen molar-refractivity contribution in [2.75, 3.05) is 52.5 Å². The maximum Gasteiger partial charge on any atom is 0.410 e. The Balaban J connectivity index is 0.000000193. The van der Waals surface area contributed by atoms with Gasteiger partial charge in [-0.25, -0.2) is 4.79 Å². The van der Waals surface area contributed by atoms with E-state index in [1.54, 1.807) is 0 Å². The monoisotopic (exact) mass is 825 g/mol.